The topological polar surface area (TPSA) is 47.8 Å². The Labute approximate surface area is 127 Å². The molecule has 3 aromatic rings. The fourth-order valence-electron chi connectivity index (χ4n) is 2.27. The average Bonchev–Trinajstić information content (AvgIpc) is 2.47. The van der Waals surface area contributed by atoms with Gasteiger partial charge in [-0.1, -0.05) is 23.7 Å². The minimum absolute atomic E-state index is 0.0277. The Kier molecular flexibility index (Phi) is 3.47. The monoisotopic (exact) mass is 299 g/mol. The highest BCUT2D eigenvalue weighted by Gasteiger charge is 2.14. The zero-order valence-electron chi connectivity index (χ0n) is 11.7. The molecular weight excluding hydrogens is 286 g/mol. The summed E-state index contributed by atoms with van der Waals surface area (Å²) in [6, 6.07) is 10.9. The number of benzene rings is 1. The molecule has 0 aliphatic heterocycles. The summed E-state index contributed by atoms with van der Waals surface area (Å²) in [4.78, 5) is 16.8. The first kappa shape index (κ1) is 13.8. The van der Waals surface area contributed by atoms with E-state index in [1.54, 1.807) is 24.4 Å². The van der Waals surface area contributed by atoms with Gasteiger partial charge in [-0.2, -0.15) is 5.10 Å². The summed E-state index contributed by atoms with van der Waals surface area (Å²) in [7, 11) is 0. The van der Waals surface area contributed by atoms with Crippen LogP contribution in [0.15, 0.2) is 47.4 Å². The van der Waals surface area contributed by atoms with Gasteiger partial charge in [-0.15, -0.1) is 0 Å². The van der Waals surface area contributed by atoms with Crippen molar-refractivity contribution in [3.8, 4) is 11.3 Å². The largest absolute Gasteiger partial charge is 0.276 e. The molecule has 4 nitrogen and oxygen atoms in total. The molecule has 0 aliphatic rings. The first-order chi connectivity index (χ1) is 10.1. The normalized spacial score (nSPS) is 11.2. The summed E-state index contributed by atoms with van der Waals surface area (Å²) in [6.45, 7) is 3.86. The van der Waals surface area contributed by atoms with Crippen LogP contribution in [-0.4, -0.2) is 14.8 Å². The van der Waals surface area contributed by atoms with E-state index >= 15 is 0 Å². The quantitative estimate of drug-likeness (QED) is 0.725. The van der Waals surface area contributed by atoms with Gasteiger partial charge in [0.1, 0.15) is 11.2 Å². The van der Waals surface area contributed by atoms with Crippen LogP contribution in [0.25, 0.3) is 22.2 Å². The number of rotatable bonds is 2. The summed E-state index contributed by atoms with van der Waals surface area (Å²) in [6.07, 6.45) is 1.66. The van der Waals surface area contributed by atoms with Crippen molar-refractivity contribution in [3.05, 3.63) is 58.0 Å². The lowest BCUT2D eigenvalue weighted by molar-refractivity contribution is 0.509. The van der Waals surface area contributed by atoms with Crippen LogP contribution in [0.1, 0.15) is 19.9 Å². The van der Waals surface area contributed by atoms with Crippen molar-refractivity contribution in [2.45, 2.75) is 19.9 Å². The van der Waals surface area contributed by atoms with Crippen LogP contribution in [0.5, 0.6) is 0 Å². The third-order valence-electron chi connectivity index (χ3n) is 3.27. The van der Waals surface area contributed by atoms with E-state index in [9.17, 15) is 4.79 Å². The molecule has 0 radical (unpaired) electrons. The predicted molar refractivity (Wildman–Crippen MR) is 84.6 cm³/mol. The number of hydrogen-bond donors (Lipinski definition) is 0. The number of pyridine rings is 1. The molecule has 0 fully saturated rings. The van der Waals surface area contributed by atoms with Crippen molar-refractivity contribution in [3.63, 3.8) is 0 Å². The Bertz CT molecular complexity index is 871. The molecular formula is C16H14ClN3O. The summed E-state index contributed by atoms with van der Waals surface area (Å²) < 4.78 is 1.49. The smallest absolute Gasteiger partial charge is 0.267 e. The maximum absolute atomic E-state index is 12.5. The van der Waals surface area contributed by atoms with Gasteiger partial charge in [0.15, 0.2) is 0 Å². The van der Waals surface area contributed by atoms with Gasteiger partial charge in [-0.25, -0.2) is 4.68 Å². The van der Waals surface area contributed by atoms with Crippen LogP contribution < -0.4 is 5.56 Å². The lowest BCUT2D eigenvalue weighted by atomic mass is 10.1. The van der Waals surface area contributed by atoms with Crippen LogP contribution in [0, 0.1) is 0 Å². The minimum Gasteiger partial charge on any atom is -0.267 e. The third-order valence-corrected chi connectivity index (χ3v) is 3.50. The molecule has 3 rings (SSSR count). The highest BCUT2D eigenvalue weighted by Crippen LogP contribution is 2.25. The predicted octanol–water partition coefficient (Wildman–Crippen LogP) is 3.69. The number of aromatic nitrogens is 3. The molecule has 0 atom stereocenters. The van der Waals surface area contributed by atoms with Crippen molar-refractivity contribution in [2.24, 2.45) is 0 Å². The highest BCUT2D eigenvalue weighted by molar-refractivity contribution is 6.30. The van der Waals surface area contributed by atoms with Gasteiger partial charge in [0.2, 0.25) is 0 Å². The minimum atomic E-state index is -0.126. The maximum atomic E-state index is 12.5. The van der Waals surface area contributed by atoms with Crippen molar-refractivity contribution >= 4 is 22.5 Å². The van der Waals surface area contributed by atoms with Crippen LogP contribution >= 0.6 is 11.6 Å². The Hall–Kier alpha value is -2.20. The van der Waals surface area contributed by atoms with Crippen molar-refractivity contribution in [1.82, 2.24) is 14.8 Å². The molecule has 0 N–H and O–H groups in total. The number of hydrogen-bond acceptors (Lipinski definition) is 3. The van der Waals surface area contributed by atoms with Crippen molar-refractivity contribution in [2.75, 3.05) is 0 Å². The SMILES string of the molecule is CC(C)n1nc(-c2cccc(Cl)c2)c2ncccc2c1=O. The summed E-state index contributed by atoms with van der Waals surface area (Å²) in [5.74, 6) is 0. The van der Waals surface area contributed by atoms with Gasteiger partial charge < -0.3 is 0 Å². The Morgan fingerprint density at radius 1 is 1.19 bits per heavy atom. The van der Waals surface area contributed by atoms with Crippen LogP contribution in [-0.2, 0) is 0 Å². The fourth-order valence-corrected chi connectivity index (χ4v) is 2.46. The maximum Gasteiger partial charge on any atom is 0.276 e. The van der Waals surface area contributed by atoms with Gasteiger partial charge >= 0.3 is 0 Å². The summed E-state index contributed by atoms with van der Waals surface area (Å²) in [5, 5.41) is 5.69. The molecule has 1 aromatic carbocycles. The van der Waals surface area contributed by atoms with E-state index in [-0.39, 0.29) is 11.6 Å². The molecule has 0 bridgehead atoms. The number of fused-ring (bicyclic) bond motifs is 1. The van der Waals surface area contributed by atoms with E-state index in [0.29, 0.717) is 21.6 Å². The second-order valence-corrected chi connectivity index (χ2v) is 5.54. The van der Waals surface area contributed by atoms with Gasteiger partial charge in [0.25, 0.3) is 5.56 Å². The summed E-state index contributed by atoms with van der Waals surface area (Å²) >= 11 is 6.06. The van der Waals surface area contributed by atoms with Crippen molar-refractivity contribution < 1.29 is 0 Å². The molecule has 0 amide bonds. The van der Waals surface area contributed by atoms with Crippen molar-refractivity contribution in [1.29, 1.82) is 0 Å². The number of halogens is 1. The van der Waals surface area contributed by atoms with E-state index < -0.39 is 0 Å². The lowest BCUT2D eigenvalue weighted by Gasteiger charge is -2.13. The molecule has 0 spiro atoms. The van der Waals surface area contributed by atoms with E-state index in [2.05, 4.69) is 10.1 Å². The zero-order chi connectivity index (χ0) is 15.0. The molecule has 2 aromatic heterocycles. The van der Waals surface area contributed by atoms with E-state index in [1.165, 1.54) is 4.68 Å². The molecule has 2 heterocycles. The van der Waals surface area contributed by atoms with Gasteiger partial charge in [0, 0.05) is 16.8 Å². The molecule has 5 heteroatoms. The fraction of sp³-hybridized carbons (Fsp3) is 0.188. The van der Waals surface area contributed by atoms with Gasteiger partial charge in [-0.05, 0) is 38.1 Å². The van der Waals surface area contributed by atoms with Crippen LogP contribution in [0.3, 0.4) is 0 Å². The first-order valence-corrected chi connectivity index (χ1v) is 7.09. The van der Waals surface area contributed by atoms with Gasteiger partial charge in [-0.3, -0.25) is 9.78 Å². The molecule has 0 saturated carbocycles. The average molecular weight is 300 g/mol. The Balaban J connectivity index is 2.42. The van der Waals surface area contributed by atoms with E-state index in [4.69, 9.17) is 11.6 Å². The molecule has 21 heavy (non-hydrogen) atoms. The van der Waals surface area contributed by atoms with Crippen LogP contribution in [0.2, 0.25) is 5.02 Å². The summed E-state index contributed by atoms with van der Waals surface area (Å²) in [5.41, 5.74) is 1.99. The molecule has 106 valence electrons. The van der Waals surface area contributed by atoms with E-state index in [1.807, 2.05) is 32.0 Å². The van der Waals surface area contributed by atoms with E-state index in [0.717, 1.165) is 5.56 Å². The molecule has 0 aliphatic carbocycles. The molecule has 0 unspecified atom stereocenters. The third kappa shape index (κ3) is 2.43. The second-order valence-electron chi connectivity index (χ2n) is 5.10. The first-order valence-electron chi connectivity index (χ1n) is 6.71. The number of nitrogens with zero attached hydrogens (tertiary/aromatic N) is 3. The Morgan fingerprint density at radius 2 is 2.00 bits per heavy atom. The zero-order valence-corrected chi connectivity index (χ0v) is 12.5. The second kappa shape index (κ2) is 5.30. The standard InChI is InChI=1S/C16H14ClN3O/c1-10(2)20-16(21)13-7-4-8-18-15(13)14(19-20)11-5-3-6-12(17)9-11/h3-10H,1-2H3. The molecule has 0 saturated heterocycles. The lowest BCUT2D eigenvalue weighted by Crippen LogP contribution is -2.25. The van der Waals surface area contributed by atoms with Crippen LogP contribution in [0.4, 0.5) is 0 Å². The Morgan fingerprint density at radius 3 is 2.71 bits per heavy atom. The van der Waals surface area contributed by atoms with Gasteiger partial charge in [0.05, 0.1) is 11.4 Å². The highest BCUT2D eigenvalue weighted by atomic mass is 35.5.